The number of aromatic nitrogens is 2. The van der Waals surface area contributed by atoms with Crippen molar-refractivity contribution in [2.24, 2.45) is 0 Å². The molecule has 1 fully saturated rings. The molecule has 2 rings (SSSR count). The van der Waals surface area contributed by atoms with Crippen LogP contribution in [0.4, 0.5) is 0 Å². The summed E-state index contributed by atoms with van der Waals surface area (Å²) in [5, 5.41) is 9.97. The number of methoxy groups -OCH3 is 1. The number of rotatable bonds is 4. The molecule has 1 unspecified atom stereocenters. The number of aryl methyl sites for hydroxylation is 1. The molecule has 1 N–H and O–H groups in total. The molecule has 0 saturated heterocycles. The van der Waals surface area contributed by atoms with Crippen LogP contribution < -0.4 is 0 Å². The second kappa shape index (κ2) is 3.90. The van der Waals surface area contributed by atoms with E-state index in [-0.39, 0.29) is 0 Å². The molecule has 5 heteroatoms. The zero-order valence-corrected chi connectivity index (χ0v) is 9.51. The van der Waals surface area contributed by atoms with Gasteiger partial charge in [0.25, 0.3) is 0 Å². The van der Waals surface area contributed by atoms with Gasteiger partial charge in [-0.25, -0.2) is 9.78 Å². The van der Waals surface area contributed by atoms with Gasteiger partial charge in [0.2, 0.25) is 0 Å². The molecular weight excluding hydrogens is 208 g/mol. The SMILES string of the molecule is CCn1ccnc1C1(C(O)C(=O)OC)CC1. The number of imidazole rings is 1. The number of aliphatic hydroxyl groups is 1. The molecule has 1 aromatic heterocycles. The molecule has 0 aliphatic heterocycles. The summed E-state index contributed by atoms with van der Waals surface area (Å²) >= 11 is 0. The van der Waals surface area contributed by atoms with E-state index in [4.69, 9.17) is 0 Å². The van der Waals surface area contributed by atoms with Crippen molar-refractivity contribution in [2.45, 2.75) is 37.8 Å². The van der Waals surface area contributed by atoms with Crippen molar-refractivity contribution in [3.05, 3.63) is 18.2 Å². The molecule has 5 nitrogen and oxygen atoms in total. The van der Waals surface area contributed by atoms with E-state index in [0.29, 0.717) is 0 Å². The van der Waals surface area contributed by atoms with Crippen molar-refractivity contribution in [1.29, 1.82) is 0 Å². The number of hydrogen-bond acceptors (Lipinski definition) is 4. The Morgan fingerprint density at radius 1 is 1.75 bits per heavy atom. The maximum Gasteiger partial charge on any atom is 0.335 e. The molecule has 0 aromatic carbocycles. The van der Waals surface area contributed by atoms with E-state index in [1.807, 2.05) is 17.7 Å². The summed E-state index contributed by atoms with van der Waals surface area (Å²) in [4.78, 5) is 15.6. The fourth-order valence-corrected chi connectivity index (χ4v) is 2.09. The molecule has 1 heterocycles. The molecule has 16 heavy (non-hydrogen) atoms. The van der Waals surface area contributed by atoms with Gasteiger partial charge in [0, 0.05) is 18.9 Å². The van der Waals surface area contributed by atoms with Crippen LogP contribution in [0.15, 0.2) is 12.4 Å². The first-order valence-electron chi connectivity index (χ1n) is 5.43. The monoisotopic (exact) mass is 224 g/mol. The van der Waals surface area contributed by atoms with Gasteiger partial charge in [0.15, 0.2) is 6.10 Å². The maximum atomic E-state index is 11.4. The van der Waals surface area contributed by atoms with Crippen LogP contribution in [0.1, 0.15) is 25.6 Å². The van der Waals surface area contributed by atoms with Gasteiger partial charge in [-0.1, -0.05) is 0 Å². The Morgan fingerprint density at radius 2 is 2.44 bits per heavy atom. The van der Waals surface area contributed by atoms with Crippen molar-refractivity contribution < 1.29 is 14.6 Å². The minimum atomic E-state index is -1.11. The number of aliphatic hydroxyl groups excluding tert-OH is 1. The summed E-state index contributed by atoms with van der Waals surface area (Å²) in [5.74, 6) is 0.205. The fourth-order valence-electron chi connectivity index (χ4n) is 2.09. The van der Waals surface area contributed by atoms with E-state index in [9.17, 15) is 9.90 Å². The van der Waals surface area contributed by atoms with Crippen molar-refractivity contribution >= 4 is 5.97 Å². The third-order valence-electron chi connectivity index (χ3n) is 3.24. The Hall–Kier alpha value is -1.36. The highest BCUT2D eigenvalue weighted by Gasteiger charge is 2.56. The Kier molecular flexibility index (Phi) is 2.71. The molecule has 1 aliphatic rings. The number of hydrogen-bond donors (Lipinski definition) is 1. The van der Waals surface area contributed by atoms with E-state index >= 15 is 0 Å². The predicted molar refractivity (Wildman–Crippen MR) is 56.8 cm³/mol. The summed E-state index contributed by atoms with van der Waals surface area (Å²) < 4.78 is 6.54. The van der Waals surface area contributed by atoms with Gasteiger partial charge in [0.05, 0.1) is 12.5 Å². The molecule has 88 valence electrons. The topological polar surface area (TPSA) is 64.3 Å². The molecule has 0 radical (unpaired) electrons. The zero-order chi connectivity index (χ0) is 11.8. The molecule has 0 bridgehead atoms. The zero-order valence-electron chi connectivity index (χ0n) is 9.51. The summed E-state index contributed by atoms with van der Waals surface area (Å²) in [7, 11) is 1.29. The van der Waals surface area contributed by atoms with E-state index in [1.165, 1.54) is 7.11 Å². The first kappa shape index (κ1) is 11.1. The standard InChI is InChI=1S/C11H16N2O3/c1-3-13-7-6-12-10(13)11(4-5-11)8(14)9(15)16-2/h6-8,14H,3-5H2,1-2H3. The average Bonchev–Trinajstić information content (AvgIpc) is 2.98. The Bertz CT molecular complexity index is 396. The van der Waals surface area contributed by atoms with E-state index in [1.54, 1.807) is 6.20 Å². The van der Waals surface area contributed by atoms with E-state index in [2.05, 4.69) is 9.72 Å². The number of carbonyl (C=O) groups excluding carboxylic acids is 1. The first-order chi connectivity index (χ1) is 7.65. The van der Waals surface area contributed by atoms with Crippen molar-refractivity contribution in [1.82, 2.24) is 9.55 Å². The second-order valence-electron chi connectivity index (χ2n) is 4.12. The molecule has 0 amide bonds. The lowest BCUT2D eigenvalue weighted by Crippen LogP contribution is -2.36. The first-order valence-corrected chi connectivity index (χ1v) is 5.43. The summed E-state index contributed by atoms with van der Waals surface area (Å²) in [5.41, 5.74) is -0.521. The van der Waals surface area contributed by atoms with Crippen molar-refractivity contribution in [3.8, 4) is 0 Å². The maximum absolute atomic E-state index is 11.4. The fraction of sp³-hybridized carbons (Fsp3) is 0.636. The summed E-state index contributed by atoms with van der Waals surface area (Å²) in [6, 6.07) is 0. The molecule has 1 aliphatic carbocycles. The predicted octanol–water partition coefficient (Wildman–Crippen LogP) is 0.468. The van der Waals surface area contributed by atoms with Crippen molar-refractivity contribution in [2.75, 3.05) is 7.11 Å². The average molecular weight is 224 g/mol. The highest BCUT2D eigenvalue weighted by atomic mass is 16.5. The molecule has 1 saturated carbocycles. The van der Waals surface area contributed by atoms with Crippen LogP contribution in [0.3, 0.4) is 0 Å². The highest BCUT2D eigenvalue weighted by molar-refractivity contribution is 5.77. The van der Waals surface area contributed by atoms with E-state index < -0.39 is 17.5 Å². The third kappa shape index (κ3) is 1.51. The van der Waals surface area contributed by atoms with Gasteiger partial charge in [-0.15, -0.1) is 0 Å². The third-order valence-corrected chi connectivity index (χ3v) is 3.24. The Balaban J connectivity index is 2.29. The van der Waals surface area contributed by atoms with Crippen LogP contribution in [0, 0.1) is 0 Å². The van der Waals surface area contributed by atoms with Gasteiger partial charge in [-0.05, 0) is 19.8 Å². The van der Waals surface area contributed by atoms with E-state index in [0.717, 1.165) is 25.2 Å². The number of carbonyl (C=O) groups is 1. The van der Waals surface area contributed by atoms with Gasteiger partial charge < -0.3 is 14.4 Å². The number of nitrogens with zero attached hydrogens (tertiary/aromatic N) is 2. The molecule has 1 atom stereocenters. The quantitative estimate of drug-likeness (QED) is 0.755. The Labute approximate surface area is 94.1 Å². The van der Waals surface area contributed by atoms with Gasteiger partial charge >= 0.3 is 5.97 Å². The largest absolute Gasteiger partial charge is 0.467 e. The summed E-state index contributed by atoms with van der Waals surface area (Å²) in [6.45, 7) is 2.79. The normalized spacial score (nSPS) is 19.2. The molecule has 0 spiro atoms. The lowest BCUT2D eigenvalue weighted by Gasteiger charge is -2.20. The van der Waals surface area contributed by atoms with Gasteiger partial charge in [0.1, 0.15) is 5.82 Å². The minimum absolute atomic E-state index is 0.521. The molecular formula is C11H16N2O3. The number of ether oxygens (including phenoxy) is 1. The van der Waals surface area contributed by atoms with Crippen LogP contribution in [0.5, 0.6) is 0 Å². The van der Waals surface area contributed by atoms with Crippen LogP contribution >= 0.6 is 0 Å². The highest BCUT2D eigenvalue weighted by Crippen LogP contribution is 2.50. The smallest absolute Gasteiger partial charge is 0.335 e. The van der Waals surface area contributed by atoms with Gasteiger partial charge in [-0.2, -0.15) is 0 Å². The lowest BCUT2D eigenvalue weighted by molar-refractivity contribution is -0.152. The number of esters is 1. The van der Waals surface area contributed by atoms with Crippen LogP contribution in [0.25, 0.3) is 0 Å². The second-order valence-corrected chi connectivity index (χ2v) is 4.12. The van der Waals surface area contributed by atoms with Crippen molar-refractivity contribution in [3.63, 3.8) is 0 Å². The van der Waals surface area contributed by atoms with Crippen LogP contribution in [0.2, 0.25) is 0 Å². The lowest BCUT2D eigenvalue weighted by atomic mass is 9.98. The molecule has 1 aromatic rings. The van der Waals surface area contributed by atoms with Crippen LogP contribution in [-0.2, 0) is 21.5 Å². The Morgan fingerprint density at radius 3 is 2.94 bits per heavy atom. The van der Waals surface area contributed by atoms with Crippen LogP contribution in [-0.4, -0.2) is 33.8 Å². The minimum Gasteiger partial charge on any atom is -0.467 e. The summed E-state index contributed by atoms with van der Waals surface area (Å²) in [6.07, 6.45) is 4.01. The van der Waals surface area contributed by atoms with Gasteiger partial charge in [-0.3, -0.25) is 0 Å².